The Labute approximate surface area is 117 Å². The number of ether oxygens (including phenoxy) is 1. The molecular formula is C12H10F3NO3S. The zero-order chi connectivity index (χ0) is 15.3. The highest BCUT2D eigenvalue weighted by Gasteiger charge is 2.31. The molecule has 1 aromatic rings. The van der Waals surface area contributed by atoms with Crippen molar-refractivity contribution < 1.29 is 27.8 Å². The molecule has 0 atom stereocenters. The molecule has 1 N–H and O–H groups in total. The normalized spacial score (nSPS) is 11.0. The highest BCUT2D eigenvalue weighted by molar-refractivity contribution is 8.00. The molecule has 0 aromatic heterocycles. The van der Waals surface area contributed by atoms with E-state index in [4.69, 9.17) is 10.00 Å². The number of halogens is 3. The number of carbonyl (C=O) groups is 1. The molecule has 0 saturated carbocycles. The molecule has 20 heavy (non-hydrogen) atoms. The fourth-order valence-corrected chi connectivity index (χ4v) is 2.19. The first-order chi connectivity index (χ1) is 9.34. The molecule has 4 nitrogen and oxygen atoms in total. The predicted octanol–water partition coefficient (Wildman–Crippen LogP) is 2.84. The van der Waals surface area contributed by atoms with Gasteiger partial charge in [0.1, 0.15) is 6.07 Å². The van der Waals surface area contributed by atoms with Crippen molar-refractivity contribution in [3.8, 4) is 6.07 Å². The van der Waals surface area contributed by atoms with Gasteiger partial charge in [0.15, 0.2) is 0 Å². The fraction of sp³-hybridized carbons (Fsp3) is 0.333. The van der Waals surface area contributed by atoms with Crippen molar-refractivity contribution in [2.45, 2.75) is 23.9 Å². The molecule has 0 unspecified atom stereocenters. The molecule has 108 valence electrons. The zero-order valence-corrected chi connectivity index (χ0v) is 11.1. The molecular weight excluding hydrogens is 295 g/mol. The maximum absolute atomic E-state index is 12.4. The first kappa shape index (κ1) is 16.3. The smallest absolute Gasteiger partial charge is 0.446 e. The molecule has 0 heterocycles. The lowest BCUT2D eigenvalue weighted by molar-refractivity contribution is -0.0328. The van der Waals surface area contributed by atoms with Crippen molar-refractivity contribution in [3.05, 3.63) is 28.8 Å². The summed E-state index contributed by atoms with van der Waals surface area (Å²) < 4.78 is 41.9. The number of benzene rings is 1. The molecule has 0 aliphatic heterocycles. The second-order valence-corrected chi connectivity index (χ2v) is 4.61. The van der Waals surface area contributed by atoms with E-state index in [0.717, 1.165) is 12.1 Å². The van der Waals surface area contributed by atoms with E-state index in [0.29, 0.717) is 0 Å². The van der Waals surface area contributed by atoms with Gasteiger partial charge in [0.05, 0.1) is 24.3 Å². The van der Waals surface area contributed by atoms with E-state index in [9.17, 15) is 23.1 Å². The fourth-order valence-electron chi connectivity index (χ4n) is 1.51. The number of rotatable bonds is 4. The molecule has 0 fully saturated rings. The number of esters is 1. The van der Waals surface area contributed by atoms with Crippen molar-refractivity contribution in [3.63, 3.8) is 0 Å². The van der Waals surface area contributed by atoms with E-state index in [1.54, 1.807) is 13.0 Å². The SMILES string of the molecule is CCOC(=O)c1ccc(SC(F)(F)F)c(CO)c1C#N. The Morgan fingerprint density at radius 1 is 1.50 bits per heavy atom. The second-order valence-electron chi connectivity index (χ2n) is 3.50. The van der Waals surface area contributed by atoms with Crippen LogP contribution in [0.4, 0.5) is 13.2 Å². The maximum Gasteiger partial charge on any atom is 0.446 e. The van der Waals surface area contributed by atoms with Crippen LogP contribution in [0.2, 0.25) is 0 Å². The first-order valence-electron chi connectivity index (χ1n) is 5.43. The van der Waals surface area contributed by atoms with Crippen LogP contribution < -0.4 is 0 Å². The van der Waals surface area contributed by atoms with Gasteiger partial charge in [-0.1, -0.05) is 0 Å². The summed E-state index contributed by atoms with van der Waals surface area (Å²) in [5.74, 6) is -0.817. The Morgan fingerprint density at radius 2 is 2.15 bits per heavy atom. The van der Waals surface area contributed by atoms with Crippen LogP contribution in [0.3, 0.4) is 0 Å². The van der Waals surface area contributed by atoms with Gasteiger partial charge in [-0.25, -0.2) is 4.79 Å². The number of alkyl halides is 3. The van der Waals surface area contributed by atoms with Crippen LogP contribution in [0, 0.1) is 11.3 Å². The minimum Gasteiger partial charge on any atom is -0.462 e. The third-order valence-electron chi connectivity index (χ3n) is 2.26. The zero-order valence-electron chi connectivity index (χ0n) is 10.3. The predicted molar refractivity (Wildman–Crippen MR) is 64.9 cm³/mol. The lowest BCUT2D eigenvalue weighted by atomic mass is 10.0. The highest BCUT2D eigenvalue weighted by atomic mass is 32.2. The van der Waals surface area contributed by atoms with E-state index < -0.39 is 29.8 Å². The monoisotopic (exact) mass is 305 g/mol. The largest absolute Gasteiger partial charge is 0.462 e. The van der Waals surface area contributed by atoms with Crippen LogP contribution >= 0.6 is 11.8 Å². The summed E-state index contributed by atoms with van der Waals surface area (Å²) in [5.41, 5.74) is -5.26. The van der Waals surface area contributed by atoms with E-state index in [2.05, 4.69) is 0 Å². The quantitative estimate of drug-likeness (QED) is 0.684. The number of nitriles is 1. The summed E-state index contributed by atoms with van der Waals surface area (Å²) in [5, 5.41) is 18.2. The molecule has 0 aliphatic rings. The third kappa shape index (κ3) is 3.88. The van der Waals surface area contributed by atoms with Gasteiger partial charge in [0.25, 0.3) is 0 Å². The standard InChI is InChI=1S/C12H10F3NO3S/c1-2-19-11(18)7-3-4-10(20-12(13,14)15)9(6-17)8(7)5-16/h3-4,17H,2,6H2,1H3. The number of nitrogens with zero attached hydrogens (tertiary/aromatic N) is 1. The number of aliphatic hydroxyl groups is 1. The molecule has 0 amide bonds. The molecule has 0 spiro atoms. The van der Waals surface area contributed by atoms with E-state index in [1.807, 2.05) is 0 Å². The molecule has 0 radical (unpaired) electrons. The molecule has 0 saturated heterocycles. The molecule has 1 aromatic carbocycles. The van der Waals surface area contributed by atoms with Crippen molar-refractivity contribution in [1.29, 1.82) is 5.26 Å². The van der Waals surface area contributed by atoms with Gasteiger partial charge in [-0.3, -0.25) is 0 Å². The summed E-state index contributed by atoms with van der Waals surface area (Å²) in [7, 11) is 0. The van der Waals surface area contributed by atoms with Gasteiger partial charge in [0, 0.05) is 10.5 Å². The molecule has 8 heteroatoms. The number of hydrogen-bond donors (Lipinski definition) is 1. The van der Waals surface area contributed by atoms with Crippen LogP contribution in [-0.2, 0) is 11.3 Å². The van der Waals surface area contributed by atoms with E-state index in [-0.39, 0.29) is 28.2 Å². The number of hydrogen-bond acceptors (Lipinski definition) is 5. The summed E-state index contributed by atoms with van der Waals surface area (Å²) in [4.78, 5) is 11.3. The average molecular weight is 305 g/mol. The van der Waals surface area contributed by atoms with Gasteiger partial charge in [-0.15, -0.1) is 0 Å². The Balaban J connectivity index is 3.34. The first-order valence-corrected chi connectivity index (χ1v) is 6.25. The van der Waals surface area contributed by atoms with Crippen LogP contribution in [0.15, 0.2) is 17.0 Å². The average Bonchev–Trinajstić information content (AvgIpc) is 2.36. The topological polar surface area (TPSA) is 70.3 Å². The molecule has 1 rings (SSSR count). The van der Waals surface area contributed by atoms with Crippen LogP contribution in [0.5, 0.6) is 0 Å². The van der Waals surface area contributed by atoms with Gasteiger partial charge in [-0.05, 0) is 30.8 Å². The number of aliphatic hydroxyl groups excluding tert-OH is 1. The third-order valence-corrected chi connectivity index (χ3v) is 3.09. The minimum absolute atomic E-state index is 0.0667. The maximum atomic E-state index is 12.4. The summed E-state index contributed by atoms with van der Waals surface area (Å²) in [6.45, 7) is 0.844. The summed E-state index contributed by atoms with van der Waals surface area (Å²) in [6, 6.07) is 3.76. The number of thioether (sulfide) groups is 1. The van der Waals surface area contributed by atoms with Gasteiger partial charge < -0.3 is 9.84 Å². The Bertz CT molecular complexity index is 552. The Hall–Kier alpha value is -1.72. The summed E-state index contributed by atoms with van der Waals surface area (Å²) in [6.07, 6.45) is 0. The lowest BCUT2D eigenvalue weighted by Crippen LogP contribution is -2.10. The van der Waals surface area contributed by atoms with Crippen molar-refractivity contribution in [1.82, 2.24) is 0 Å². The summed E-state index contributed by atoms with van der Waals surface area (Å²) >= 11 is -0.448. The molecule has 0 bridgehead atoms. The van der Waals surface area contributed by atoms with Gasteiger partial charge in [-0.2, -0.15) is 18.4 Å². The Morgan fingerprint density at radius 3 is 2.60 bits per heavy atom. The molecule has 0 aliphatic carbocycles. The van der Waals surface area contributed by atoms with E-state index in [1.165, 1.54) is 0 Å². The van der Waals surface area contributed by atoms with Crippen molar-refractivity contribution in [2.24, 2.45) is 0 Å². The highest BCUT2D eigenvalue weighted by Crippen LogP contribution is 2.40. The number of carbonyl (C=O) groups excluding carboxylic acids is 1. The minimum atomic E-state index is -4.55. The van der Waals surface area contributed by atoms with Crippen LogP contribution in [0.25, 0.3) is 0 Å². The van der Waals surface area contributed by atoms with E-state index >= 15 is 0 Å². The van der Waals surface area contributed by atoms with Gasteiger partial charge >= 0.3 is 11.5 Å². The van der Waals surface area contributed by atoms with Crippen LogP contribution in [0.1, 0.15) is 28.4 Å². The van der Waals surface area contributed by atoms with Crippen molar-refractivity contribution >= 4 is 17.7 Å². The second kappa shape index (κ2) is 6.63. The Kier molecular flexibility index (Phi) is 5.42. The lowest BCUT2D eigenvalue weighted by Gasteiger charge is -2.13. The van der Waals surface area contributed by atoms with Crippen LogP contribution in [-0.4, -0.2) is 23.2 Å². The van der Waals surface area contributed by atoms with Gasteiger partial charge in [0.2, 0.25) is 0 Å². The van der Waals surface area contributed by atoms with Crippen molar-refractivity contribution in [2.75, 3.05) is 6.61 Å².